The summed E-state index contributed by atoms with van der Waals surface area (Å²) in [6, 6.07) is 22.9. The van der Waals surface area contributed by atoms with Gasteiger partial charge in [-0.15, -0.1) is 0 Å². The van der Waals surface area contributed by atoms with Crippen molar-refractivity contribution in [2.45, 2.75) is 11.6 Å². The van der Waals surface area contributed by atoms with E-state index in [-0.39, 0.29) is 17.7 Å². The lowest BCUT2D eigenvalue weighted by Crippen LogP contribution is -2.52. The SMILES string of the molecule is O=C1[C@H]2[C@@H](C(=O)N1c1ccc(Cl)cc1)[C@]1(N[C@H]2c2ccccc2)C(=O)Nc2ccccc21. The molecule has 1 spiro atoms. The van der Waals surface area contributed by atoms with Crippen molar-refractivity contribution < 1.29 is 14.4 Å². The van der Waals surface area contributed by atoms with Crippen molar-refractivity contribution in [2.75, 3.05) is 10.2 Å². The summed E-state index contributed by atoms with van der Waals surface area (Å²) in [5.74, 6) is -2.62. The van der Waals surface area contributed by atoms with Gasteiger partial charge < -0.3 is 5.32 Å². The molecule has 158 valence electrons. The molecular formula is C25H18ClN3O3. The van der Waals surface area contributed by atoms with Gasteiger partial charge in [0.05, 0.1) is 17.5 Å². The van der Waals surface area contributed by atoms with E-state index in [1.165, 1.54) is 4.90 Å². The van der Waals surface area contributed by atoms with E-state index >= 15 is 0 Å². The number of benzene rings is 3. The van der Waals surface area contributed by atoms with E-state index in [0.29, 0.717) is 22.0 Å². The predicted molar refractivity (Wildman–Crippen MR) is 120 cm³/mol. The Morgan fingerprint density at radius 1 is 0.812 bits per heavy atom. The fourth-order valence-corrected chi connectivity index (χ4v) is 5.56. The molecule has 3 heterocycles. The Morgan fingerprint density at radius 3 is 2.25 bits per heavy atom. The third kappa shape index (κ3) is 2.42. The van der Waals surface area contributed by atoms with Crippen molar-refractivity contribution in [3.63, 3.8) is 0 Å². The third-order valence-electron chi connectivity index (χ3n) is 6.76. The number of imide groups is 1. The zero-order valence-corrected chi connectivity index (χ0v) is 17.5. The average molecular weight is 444 g/mol. The molecular weight excluding hydrogens is 426 g/mol. The average Bonchev–Trinajstić information content (AvgIpc) is 3.40. The number of nitrogens with zero attached hydrogens (tertiary/aromatic N) is 1. The molecule has 3 aliphatic rings. The number of carbonyl (C=O) groups excluding carboxylic acids is 3. The minimum Gasteiger partial charge on any atom is -0.324 e. The fourth-order valence-electron chi connectivity index (χ4n) is 5.43. The minimum absolute atomic E-state index is 0.314. The number of hydrogen-bond donors (Lipinski definition) is 2. The van der Waals surface area contributed by atoms with Gasteiger partial charge in [-0.1, -0.05) is 60.1 Å². The number of fused-ring (bicyclic) bond motifs is 4. The quantitative estimate of drug-likeness (QED) is 0.593. The molecule has 0 bridgehead atoms. The molecule has 0 aliphatic carbocycles. The van der Waals surface area contributed by atoms with Gasteiger partial charge in [0, 0.05) is 22.3 Å². The van der Waals surface area contributed by atoms with Crippen LogP contribution < -0.4 is 15.5 Å². The summed E-state index contributed by atoms with van der Waals surface area (Å²) in [5, 5.41) is 6.85. The van der Waals surface area contributed by atoms with Gasteiger partial charge in [0.25, 0.3) is 0 Å². The van der Waals surface area contributed by atoms with Crippen LogP contribution in [0.5, 0.6) is 0 Å². The van der Waals surface area contributed by atoms with Crippen LogP contribution >= 0.6 is 11.6 Å². The van der Waals surface area contributed by atoms with Gasteiger partial charge in [-0.05, 0) is 35.9 Å². The fraction of sp³-hybridized carbons (Fsp3) is 0.160. The highest BCUT2D eigenvalue weighted by Gasteiger charge is 2.70. The van der Waals surface area contributed by atoms with Gasteiger partial charge in [0.15, 0.2) is 0 Å². The Labute approximate surface area is 189 Å². The first-order valence-corrected chi connectivity index (χ1v) is 10.8. The Morgan fingerprint density at radius 2 is 1.50 bits per heavy atom. The highest BCUT2D eigenvalue weighted by atomic mass is 35.5. The molecule has 3 amide bonds. The Bertz CT molecular complexity index is 1280. The molecule has 6 nitrogen and oxygen atoms in total. The van der Waals surface area contributed by atoms with Crippen molar-refractivity contribution in [1.29, 1.82) is 0 Å². The lowest BCUT2D eigenvalue weighted by atomic mass is 9.76. The Kier molecular flexibility index (Phi) is 4.06. The van der Waals surface area contributed by atoms with Crippen molar-refractivity contribution in [1.82, 2.24) is 5.32 Å². The summed E-state index contributed by atoms with van der Waals surface area (Å²) in [7, 11) is 0. The lowest BCUT2D eigenvalue weighted by Gasteiger charge is -2.29. The molecule has 0 saturated carbocycles. The van der Waals surface area contributed by atoms with E-state index < -0.39 is 23.4 Å². The molecule has 7 heteroatoms. The normalized spacial score (nSPS) is 28.2. The number of para-hydroxylation sites is 1. The summed E-state index contributed by atoms with van der Waals surface area (Å²) in [4.78, 5) is 42.2. The molecule has 2 fully saturated rings. The molecule has 0 aromatic heterocycles. The van der Waals surface area contributed by atoms with Crippen molar-refractivity contribution in [2.24, 2.45) is 11.8 Å². The van der Waals surface area contributed by atoms with E-state index in [1.54, 1.807) is 24.3 Å². The predicted octanol–water partition coefficient (Wildman–Crippen LogP) is 3.64. The molecule has 6 rings (SSSR count). The Hall–Kier alpha value is -3.48. The maximum atomic E-state index is 13.8. The molecule has 3 aromatic carbocycles. The van der Waals surface area contributed by atoms with Crippen LogP contribution in [0.15, 0.2) is 78.9 Å². The zero-order chi connectivity index (χ0) is 22.0. The lowest BCUT2D eigenvalue weighted by molar-refractivity contribution is -0.130. The Balaban J connectivity index is 1.55. The molecule has 0 unspecified atom stereocenters. The summed E-state index contributed by atoms with van der Waals surface area (Å²) < 4.78 is 0. The number of rotatable bonds is 2. The van der Waals surface area contributed by atoms with Gasteiger partial charge in [-0.2, -0.15) is 0 Å². The van der Waals surface area contributed by atoms with Gasteiger partial charge in [-0.3, -0.25) is 19.7 Å². The second-order valence-corrected chi connectivity index (χ2v) is 8.77. The zero-order valence-electron chi connectivity index (χ0n) is 16.8. The summed E-state index contributed by atoms with van der Waals surface area (Å²) >= 11 is 6.01. The van der Waals surface area contributed by atoms with Crippen LogP contribution in [0.3, 0.4) is 0 Å². The largest absolute Gasteiger partial charge is 0.324 e. The first-order chi connectivity index (χ1) is 15.5. The third-order valence-corrected chi connectivity index (χ3v) is 7.01. The highest BCUT2D eigenvalue weighted by Crippen LogP contribution is 2.56. The standard InChI is InChI=1S/C25H18ClN3O3/c26-15-10-12-16(13-11-15)29-22(30)19-20(23(29)31)25(28-21(19)14-6-2-1-3-7-14)17-8-4-5-9-18(17)27-24(25)32/h1-13,19-21,28H,(H,27,32)/t19-,20-,21-,25-/m0/s1. The smallest absolute Gasteiger partial charge is 0.250 e. The van der Waals surface area contributed by atoms with Crippen LogP contribution in [0, 0.1) is 11.8 Å². The number of hydrogen-bond acceptors (Lipinski definition) is 4. The maximum absolute atomic E-state index is 13.8. The van der Waals surface area contributed by atoms with Gasteiger partial charge >= 0.3 is 0 Å². The van der Waals surface area contributed by atoms with E-state index in [1.807, 2.05) is 54.6 Å². The van der Waals surface area contributed by atoms with Crippen LogP contribution in [-0.4, -0.2) is 17.7 Å². The van der Waals surface area contributed by atoms with Gasteiger partial charge in [-0.25, -0.2) is 4.90 Å². The number of halogens is 1. The maximum Gasteiger partial charge on any atom is 0.250 e. The van der Waals surface area contributed by atoms with Crippen molar-refractivity contribution >= 4 is 40.7 Å². The monoisotopic (exact) mass is 443 g/mol. The van der Waals surface area contributed by atoms with Crippen molar-refractivity contribution in [3.8, 4) is 0 Å². The minimum atomic E-state index is -1.32. The first kappa shape index (κ1) is 19.2. The number of anilines is 2. The van der Waals surface area contributed by atoms with Gasteiger partial charge in [0.2, 0.25) is 17.7 Å². The summed E-state index contributed by atoms with van der Waals surface area (Å²) in [6.45, 7) is 0. The molecule has 4 atom stereocenters. The first-order valence-electron chi connectivity index (χ1n) is 10.4. The molecule has 0 radical (unpaired) electrons. The molecule has 3 aliphatic heterocycles. The van der Waals surface area contributed by atoms with Crippen LogP contribution in [0.1, 0.15) is 17.2 Å². The summed E-state index contributed by atoms with van der Waals surface area (Å²) in [6.07, 6.45) is 0. The van der Waals surface area contributed by atoms with Gasteiger partial charge in [0.1, 0.15) is 5.54 Å². The van der Waals surface area contributed by atoms with Crippen LogP contribution in [-0.2, 0) is 19.9 Å². The van der Waals surface area contributed by atoms with Crippen LogP contribution in [0.25, 0.3) is 0 Å². The number of carbonyl (C=O) groups is 3. The summed E-state index contributed by atoms with van der Waals surface area (Å²) in [5.41, 5.74) is 1.33. The molecule has 2 N–H and O–H groups in total. The van der Waals surface area contributed by atoms with E-state index in [4.69, 9.17) is 11.6 Å². The van der Waals surface area contributed by atoms with E-state index in [9.17, 15) is 14.4 Å². The molecule has 2 saturated heterocycles. The topological polar surface area (TPSA) is 78.5 Å². The molecule has 32 heavy (non-hydrogen) atoms. The van der Waals surface area contributed by atoms with Crippen molar-refractivity contribution in [3.05, 3.63) is 95.0 Å². The van der Waals surface area contributed by atoms with E-state index in [0.717, 1.165) is 5.56 Å². The highest BCUT2D eigenvalue weighted by molar-refractivity contribution is 6.31. The second-order valence-electron chi connectivity index (χ2n) is 8.33. The van der Waals surface area contributed by atoms with Crippen LogP contribution in [0.2, 0.25) is 5.02 Å². The second kappa shape index (κ2) is 6.76. The molecule has 3 aromatic rings. The van der Waals surface area contributed by atoms with E-state index in [2.05, 4.69) is 10.6 Å². The number of amides is 3. The van der Waals surface area contributed by atoms with Crippen LogP contribution in [0.4, 0.5) is 11.4 Å². The number of nitrogens with one attached hydrogen (secondary N) is 2.